The second kappa shape index (κ2) is 12.6. The molecule has 1 saturated heterocycles. The normalized spacial score (nSPS) is 14.7. The molecule has 6 rings (SSSR count). The molecule has 4 heterocycles. The highest BCUT2D eigenvalue weighted by atomic mass is 19.3. The summed E-state index contributed by atoms with van der Waals surface area (Å²) in [5, 5.41) is 0.610. The van der Waals surface area contributed by atoms with Crippen molar-refractivity contribution in [3.8, 4) is 22.4 Å². The lowest BCUT2D eigenvalue weighted by atomic mass is 9.98. The number of halogens is 4. The summed E-state index contributed by atoms with van der Waals surface area (Å²) in [6.07, 6.45) is 5.47. The molecule has 0 saturated carbocycles. The first-order valence-electron chi connectivity index (χ1n) is 14.6. The number of alkyl halides is 2. The number of aromatic nitrogens is 2. The Morgan fingerprint density at radius 2 is 1.70 bits per heavy atom. The third-order valence-corrected chi connectivity index (χ3v) is 7.85. The van der Waals surface area contributed by atoms with Crippen LogP contribution in [0.5, 0.6) is 0 Å². The number of aryl methyl sites for hydroxylation is 1. The molecule has 46 heavy (non-hydrogen) atoms. The number of hydrogen-bond donors (Lipinski definition) is 1. The van der Waals surface area contributed by atoms with Gasteiger partial charge in [0.15, 0.2) is 5.78 Å². The minimum atomic E-state index is -2.82. The number of hydrogen-bond acceptors (Lipinski definition) is 6. The number of carbonyl (C=O) groups excluding carboxylic acids is 2. The summed E-state index contributed by atoms with van der Waals surface area (Å²) in [6.45, 7) is -0.255. The molecule has 7 nitrogen and oxygen atoms in total. The standard InChI is InChI=1S/C35H28F4N4O3/c36-26-5-3-22(4-6-26)29-17-23(32-30(37)18-25(20-42-32)34(45)43-13-11-35(38,39)12-14-43)15-24-16-28(46-33(24)29)9-8-27(44)7-1-21-2-10-31(40)41-19-21/h1-7,10,15-20H,8-9,11-14H2,(H2,40,41)/b7-1+. The second-order valence-electron chi connectivity index (χ2n) is 11.2. The summed E-state index contributed by atoms with van der Waals surface area (Å²) in [5.74, 6) is -3.81. The van der Waals surface area contributed by atoms with Crippen molar-refractivity contribution >= 4 is 34.6 Å². The fraction of sp³-hybridized carbons (Fsp3) is 0.200. The van der Waals surface area contributed by atoms with Crippen LogP contribution in [0.1, 0.15) is 40.9 Å². The van der Waals surface area contributed by atoms with Gasteiger partial charge in [-0.05, 0) is 71.8 Å². The van der Waals surface area contributed by atoms with Gasteiger partial charge >= 0.3 is 0 Å². The van der Waals surface area contributed by atoms with Gasteiger partial charge in [-0.15, -0.1) is 0 Å². The maximum atomic E-state index is 15.5. The SMILES string of the molecule is Nc1ccc(/C=C/C(=O)CCc2cc3cc(-c4ncc(C(=O)N5CCC(F)(F)CC5)cc4F)cc(-c4ccc(F)cc4)c3o2)cn1. The lowest BCUT2D eigenvalue weighted by Gasteiger charge is -2.31. The molecule has 0 aliphatic carbocycles. The van der Waals surface area contributed by atoms with E-state index in [4.69, 9.17) is 10.2 Å². The Morgan fingerprint density at radius 1 is 0.935 bits per heavy atom. The molecule has 0 radical (unpaired) electrons. The smallest absolute Gasteiger partial charge is 0.255 e. The fourth-order valence-electron chi connectivity index (χ4n) is 5.33. The van der Waals surface area contributed by atoms with Crippen LogP contribution >= 0.6 is 0 Å². The van der Waals surface area contributed by atoms with Gasteiger partial charge in [-0.2, -0.15) is 0 Å². The highest BCUT2D eigenvalue weighted by molar-refractivity contribution is 5.98. The number of likely N-dealkylation sites (tertiary alicyclic amines) is 1. The Labute approximate surface area is 261 Å². The number of furan rings is 1. The molecule has 0 spiro atoms. The number of fused-ring (bicyclic) bond motifs is 1. The fourth-order valence-corrected chi connectivity index (χ4v) is 5.33. The van der Waals surface area contributed by atoms with Gasteiger partial charge in [0.2, 0.25) is 0 Å². The average molecular weight is 629 g/mol. The van der Waals surface area contributed by atoms with Crippen LogP contribution in [0.2, 0.25) is 0 Å². The number of nitrogens with zero attached hydrogens (tertiary/aromatic N) is 3. The van der Waals surface area contributed by atoms with Crippen molar-refractivity contribution < 1.29 is 31.6 Å². The highest BCUT2D eigenvalue weighted by Crippen LogP contribution is 2.37. The summed E-state index contributed by atoms with van der Waals surface area (Å²) in [5.41, 5.74) is 8.27. The number of carbonyl (C=O) groups is 2. The lowest BCUT2D eigenvalue weighted by molar-refractivity contribution is -0.114. The molecule has 5 aromatic rings. The second-order valence-corrected chi connectivity index (χ2v) is 11.2. The van der Waals surface area contributed by atoms with E-state index in [0.29, 0.717) is 45.7 Å². The van der Waals surface area contributed by atoms with E-state index in [2.05, 4.69) is 9.97 Å². The van der Waals surface area contributed by atoms with Crippen LogP contribution in [0.15, 0.2) is 83.6 Å². The Balaban J connectivity index is 1.27. The van der Waals surface area contributed by atoms with Crippen LogP contribution in [0, 0.1) is 11.6 Å². The molecular weight excluding hydrogens is 600 g/mol. The van der Waals surface area contributed by atoms with Crippen LogP contribution in [-0.4, -0.2) is 45.6 Å². The molecule has 2 N–H and O–H groups in total. The van der Waals surface area contributed by atoms with Gasteiger partial charge in [-0.1, -0.05) is 12.1 Å². The van der Waals surface area contributed by atoms with E-state index in [1.54, 1.807) is 54.7 Å². The lowest BCUT2D eigenvalue weighted by Crippen LogP contribution is -2.42. The predicted molar refractivity (Wildman–Crippen MR) is 166 cm³/mol. The molecule has 1 aliphatic heterocycles. The largest absolute Gasteiger partial charge is 0.460 e. The van der Waals surface area contributed by atoms with Crippen molar-refractivity contribution in [2.75, 3.05) is 18.8 Å². The topological polar surface area (TPSA) is 102 Å². The first kappa shape index (κ1) is 30.7. The number of piperidine rings is 1. The van der Waals surface area contributed by atoms with Crippen molar-refractivity contribution in [3.05, 3.63) is 108 Å². The van der Waals surface area contributed by atoms with Gasteiger partial charge in [0.05, 0.1) is 5.56 Å². The van der Waals surface area contributed by atoms with Crippen molar-refractivity contribution in [2.45, 2.75) is 31.6 Å². The molecule has 1 aliphatic rings. The van der Waals surface area contributed by atoms with Crippen LogP contribution < -0.4 is 5.73 Å². The molecule has 1 fully saturated rings. The first-order valence-corrected chi connectivity index (χ1v) is 14.6. The zero-order valence-corrected chi connectivity index (χ0v) is 24.5. The number of anilines is 1. The van der Waals surface area contributed by atoms with Crippen LogP contribution in [0.25, 0.3) is 39.4 Å². The van der Waals surface area contributed by atoms with Gasteiger partial charge in [0.25, 0.3) is 11.8 Å². The maximum Gasteiger partial charge on any atom is 0.255 e. The number of amides is 1. The number of benzene rings is 2. The molecule has 11 heteroatoms. The molecule has 1 amide bonds. The summed E-state index contributed by atoms with van der Waals surface area (Å²) in [6, 6.07) is 15.3. The Morgan fingerprint density at radius 3 is 2.39 bits per heavy atom. The molecule has 0 unspecified atom stereocenters. The monoisotopic (exact) mass is 628 g/mol. The van der Waals surface area contributed by atoms with Gasteiger partial charge < -0.3 is 15.1 Å². The molecular formula is C35H28F4N4O3. The average Bonchev–Trinajstić information content (AvgIpc) is 3.46. The zero-order chi connectivity index (χ0) is 32.4. The van der Waals surface area contributed by atoms with E-state index >= 15 is 4.39 Å². The third kappa shape index (κ3) is 6.83. The number of pyridine rings is 2. The van der Waals surface area contributed by atoms with Crippen LogP contribution in [-0.2, 0) is 11.2 Å². The minimum Gasteiger partial charge on any atom is -0.460 e. The summed E-state index contributed by atoms with van der Waals surface area (Å²) in [4.78, 5) is 34.9. The number of rotatable bonds is 8. The summed E-state index contributed by atoms with van der Waals surface area (Å²) >= 11 is 0. The van der Waals surface area contributed by atoms with Crippen molar-refractivity contribution in [2.24, 2.45) is 0 Å². The highest BCUT2D eigenvalue weighted by Gasteiger charge is 2.36. The van der Waals surface area contributed by atoms with E-state index in [1.165, 1.54) is 29.3 Å². The quantitative estimate of drug-likeness (QED) is 0.141. The summed E-state index contributed by atoms with van der Waals surface area (Å²) in [7, 11) is 0. The number of ketones is 1. The van der Waals surface area contributed by atoms with Gasteiger partial charge in [0.1, 0.15) is 34.5 Å². The van der Waals surface area contributed by atoms with E-state index in [-0.39, 0.29) is 36.6 Å². The number of allylic oxidation sites excluding steroid dienone is 1. The van der Waals surface area contributed by atoms with Gasteiger partial charge in [-0.3, -0.25) is 14.6 Å². The van der Waals surface area contributed by atoms with E-state index in [0.717, 1.165) is 11.6 Å². The zero-order valence-electron chi connectivity index (χ0n) is 24.5. The third-order valence-electron chi connectivity index (χ3n) is 7.85. The predicted octanol–water partition coefficient (Wildman–Crippen LogP) is 7.50. The minimum absolute atomic E-state index is 0.0350. The van der Waals surface area contributed by atoms with E-state index < -0.39 is 36.3 Å². The van der Waals surface area contributed by atoms with Crippen LogP contribution in [0.3, 0.4) is 0 Å². The molecule has 234 valence electrons. The van der Waals surface area contributed by atoms with Gasteiger partial charge in [0, 0.05) is 67.7 Å². The van der Waals surface area contributed by atoms with Crippen molar-refractivity contribution in [1.29, 1.82) is 0 Å². The Hall–Kier alpha value is -5.32. The van der Waals surface area contributed by atoms with Crippen molar-refractivity contribution in [1.82, 2.24) is 14.9 Å². The van der Waals surface area contributed by atoms with Crippen LogP contribution in [0.4, 0.5) is 23.4 Å². The molecule has 0 bridgehead atoms. The number of nitrogen functional groups attached to an aromatic ring is 1. The first-order chi connectivity index (χ1) is 22.0. The van der Waals surface area contributed by atoms with E-state index in [9.17, 15) is 22.8 Å². The Bertz CT molecular complexity index is 1940. The maximum absolute atomic E-state index is 15.5. The molecule has 0 atom stereocenters. The van der Waals surface area contributed by atoms with Crippen molar-refractivity contribution in [3.63, 3.8) is 0 Å². The molecule has 3 aromatic heterocycles. The van der Waals surface area contributed by atoms with E-state index in [1.807, 2.05) is 0 Å². The Kier molecular flexibility index (Phi) is 8.40. The number of nitrogens with two attached hydrogens (primary N) is 1. The molecule has 2 aromatic carbocycles. The van der Waals surface area contributed by atoms with Gasteiger partial charge in [-0.25, -0.2) is 22.5 Å². The summed E-state index contributed by atoms with van der Waals surface area (Å²) < 4.78 is 62.5.